The average molecular weight is 263 g/mol. The largest absolute Gasteiger partial charge is 0.375 e. The molecule has 106 valence electrons. The normalized spacial score (nSPS) is 19.7. The lowest BCUT2D eigenvalue weighted by molar-refractivity contribution is 0.0384. The molecule has 1 saturated heterocycles. The molecule has 2 heterocycles. The highest BCUT2D eigenvalue weighted by atomic mass is 16.5. The van der Waals surface area contributed by atoms with E-state index >= 15 is 0 Å². The lowest BCUT2D eigenvalue weighted by atomic mass is 10.1. The molecule has 1 atom stereocenters. The van der Waals surface area contributed by atoms with Gasteiger partial charge in [-0.25, -0.2) is 0 Å². The van der Waals surface area contributed by atoms with Gasteiger partial charge in [-0.05, 0) is 25.5 Å². The fourth-order valence-electron chi connectivity index (χ4n) is 2.45. The zero-order chi connectivity index (χ0) is 13.5. The van der Waals surface area contributed by atoms with Gasteiger partial charge in [0.2, 0.25) is 0 Å². The van der Waals surface area contributed by atoms with Crippen LogP contribution in [0.15, 0.2) is 18.5 Å². The number of anilines is 1. The Kier molecular flexibility index (Phi) is 5.61. The van der Waals surface area contributed by atoms with E-state index in [1.165, 1.54) is 11.3 Å². The second-order valence-electron chi connectivity index (χ2n) is 5.03. The quantitative estimate of drug-likeness (QED) is 0.798. The van der Waals surface area contributed by atoms with E-state index in [-0.39, 0.29) is 0 Å². The Bertz CT molecular complexity index is 383. The maximum atomic E-state index is 5.74. The topological polar surface area (TPSA) is 37.4 Å². The molecule has 0 aromatic carbocycles. The van der Waals surface area contributed by atoms with E-state index in [4.69, 9.17) is 4.74 Å². The predicted octanol–water partition coefficient (Wildman–Crippen LogP) is 2.20. The van der Waals surface area contributed by atoms with Crippen LogP contribution in [0, 0.1) is 0 Å². The van der Waals surface area contributed by atoms with E-state index in [0.717, 1.165) is 45.6 Å². The van der Waals surface area contributed by atoms with Gasteiger partial charge in [-0.3, -0.25) is 4.98 Å². The zero-order valence-electron chi connectivity index (χ0n) is 12.1. The number of hydrogen-bond donors (Lipinski definition) is 1. The summed E-state index contributed by atoms with van der Waals surface area (Å²) in [5.74, 6) is 0. The first-order valence-corrected chi connectivity index (χ1v) is 7.35. The molecule has 0 aliphatic carbocycles. The van der Waals surface area contributed by atoms with Crippen molar-refractivity contribution in [1.29, 1.82) is 0 Å². The predicted molar refractivity (Wildman–Crippen MR) is 78.5 cm³/mol. The lowest BCUT2D eigenvalue weighted by Crippen LogP contribution is -2.42. The second kappa shape index (κ2) is 7.46. The molecule has 19 heavy (non-hydrogen) atoms. The van der Waals surface area contributed by atoms with Gasteiger partial charge in [-0.1, -0.05) is 13.8 Å². The van der Waals surface area contributed by atoms with Gasteiger partial charge in [0.05, 0.1) is 12.7 Å². The summed E-state index contributed by atoms with van der Waals surface area (Å²) in [4.78, 5) is 6.69. The molecule has 0 radical (unpaired) electrons. The third kappa shape index (κ3) is 3.91. The minimum absolute atomic E-state index is 0.360. The van der Waals surface area contributed by atoms with E-state index in [9.17, 15) is 0 Å². The third-order valence-electron chi connectivity index (χ3n) is 3.55. The molecule has 1 fully saturated rings. The summed E-state index contributed by atoms with van der Waals surface area (Å²) in [7, 11) is 0. The molecule has 0 amide bonds. The summed E-state index contributed by atoms with van der Waals surface area (Å²) in [6.07, 6.45) is 6.46. The molecule has 1 aromatic rings. The molecule has 0 spiro atoms. The number of ether oxygens (including phenoxy) is 1. The third-order valence-corrected chi connectivity index (χ3v) is 3.55. The van der Waals surface area contributed by atoms with Crippen molar-refractivity contribution >= 4 is 5.69 Å². The molecule has 4 nitrogen and oxygen atoms in total. The maximum Gasteiger partial charge on any atom is 0.0748 e. The molecular weight excluding hydrogens is 238 g/mol. The van der Waals surface area contributed by atoms with Gasteiger partial charge >= 0.3 is 0 Å². The van der Waals surface area contributed by atoms with Crippen molar-refractivity contribution in [2.24, 2.45) is 0 Å². The van der Waals surface area contributed by atoms with Gasteiger partial charge in [0, 0.05) is 43.3 Å². The number of nitrogens with one attached hydrogen (secondary N) is 1. The zero-order valence-corrected chi connectivity index (χ0v) is 12.1. The molecule has 4 heteroatoms. The van der Waals surface area contributed by atoms with Crippen LogP contribution in [0.3, 0.4) is 0 Å². The molecule has 1 unspecified atom stereocenters. The number of pyridine rings is 1. The van der Waals surface area contributed by atoms with E-state index < -0.39 is 0 Å². The highest BCUT2D eigenvalue weighted by Crippen LogP contribution is 2.22. The van der Waals surface area contributed by atoms with Crippen molar-refractivity contribution in [3.63, 3.8) is 0 Å². The number of hydrogen-bond acceptors (Lipinski definition) is 4. The van der Waals surface area contributed by atoms with Crippen LogP contribution in [0.5, 0.6) is 0 Å². The summed E-state index contributed by atoms with van der Waals surface area (Å²) in [5, 5.41) is 3.46. The highest BCUT2D eigenvalue weighted by molar-refractivity contribution is 5.52. The Balaban J connectivity index is 2.05. The number of nitrogens with zero attached hydrogens (tertiary/aromatic N) is 2. The summed E-state index contributed by atoms with van der Waals surface area (Å²) in [5.41, 5.74) is 2.59. The Morgan fingerprint density at radius 2 is 2.37 bits per heavy atom. The van der Waals surface area contributed by atoms with Gasteiger partial charge in [-0.2, -0.15) is 0 Å². The summed E-state index contributed by atoms with van der Waals surface area (Å²) in [6, 6.07) is 2.13. The molecule has 1 aliphatic heterocycles. The molecule has 0 bridgehead atoms. The van der Waals surface area contributed by atoms with Crippen LogP contribution in [-0.4, -0.2) is 37.3 Å². The SMILES string of the molecule is CCCNCc1cnccc1N1CCOC(CC)C1. The number of aromatic nitrogens is 1. The van der Waals surface area contributed by atoms with Crippen molar-refractivity contribution in [1.82, 2.24) is 10.3 Å². The standard InChI is InChI=1S/C15H25N3O/c1-3-6-16-10-13-11-17-7-5-15(13)18-8-9-19-14(4-2)12-18/h5,7,11,14,16H,3-4,6,8-10,12H2,1-2H3. The van der Waals surface area contributed by atoms with Crippen LogP contribution in [0.4, 0.5) is 5.69 Å². The first-order chi connectivity index (χ1) is 9.35. The lowest BCUT2D eigenvalue weighted by Gasteiger charge is -2.35. The molecule has 1 aliphatic rings. The average Bonchev–Trinajstić information content (AvgIpc) is 2.48. The smallest absolute Gasteiger partial charge is 0.0748 e. The Labute approximate surface area is 116 Å². The second-order valence-corrected chi connectivity index (χ2v) is 5.03. The van der Waals surface area contributed by atoms with Crippen molar-refractivity contribution in [3.8, 4) is 0 Å². The van der Waals surface area contributed by atoms with E-state index in [1.54, 1.807) is 0 Å². The highest BCUT2D eigenvalue weighted by Gasteiger charge is 2.20. The van der Waals surface area contributed by atoms with Crippen LogP contribution >= 0.6 is 0 Å². The number of morpholine rings is 1. The van der Waals surface area contributed by atoms with Crippen LogP contribution in [0.1, 0.15) is 32.3 Å². The van der Waals surface area contributed by atoms with Gasteiger partial charge in [0.15, 0.2) is 0 Å². The summed E-state index contributed by atoms with van der Waals surface area (Å²) in [6.45, 7) is 9.10. The molecule has 0 saturated carbocycles. The molecule has 2 rings (SSSR count). The van der Waals surface area contributed by atoms with Gasteiger partial charge in [-0.15, -0.1) is 0 Å². The fourth-order valence-corrected chi connectivity index (χ4v) is 2.45. The van der Waals surface area contributed by atoms with Gasteiger partial charge in [0.1, 0.15) is 0 Å². The van der Waals surface area contributed by atoms with E-state index in [2.05, 4.69) is 35.1 Å². The van der Waals surface area contributed by atoms with Gasteiger partial charge < -0.3 is 15.0 Å². The van der Waals surface area contributed by atoms with Gasteiger partial charge in [0.25, 0.3) is 0 Å². The summed E-state index contributed by atoms with van der Waals surface area (Å²) >= 11 is 0. The molecule has 1 aromatic heterocycles. The van der Waals surface area contributed by atoms with Crippen molar-refractivity contribution in [2.45, 2.75) is 39.3 Å². The minimum atomic E-state index is 0.360. The molecular formula is C15H25N3O. The van der Waals surface area contributed by atoms with Crippen LogP contribution < -0.4 is 10.2 Å². The maximum absolute atomic E-state index is 5.74. The van der Waals surface area contributed by atoms with Crippen molar-refractivity contribution in [3.05, 3.63) is 24.0 Å². The Hall–Kier alpha value is -1.13. The minimum Gasteiger partial charge on any atom is -0.375 e. The fraction of sp³-hybridized carbons (Fsp3) is 0.667. The summed E-state index contributed by atoms with van der Waals surface area (Å²) < 4.78 is 5.74. The van der Waals surface area contributed by atoms with E-state index in [1.807, 2.05) is 12.4 Å². The van der Waals surface area contributed by atoms with Crippen LogP contribution in [0.2, 0.25) is 0 Å². The number of rotatable bonds is 6. The van der Waals surface area contributed by atoms with Crippen LogP contribution in [0.25, 0.3) is 0 Å². The first kappa shape index (κ1) is 14.3. The Morgan fingerprint density at radius 1 is 1.47 bits per heavy atom. The first-order valence-electron chi connectivity index (χ1n) is 7.35. The van der Waals surface area contributed by atoms with E-state index in [0.29, 0.717) is 6.10 Å². The monoisotopic (exact) mass is 263 g/mol. The Morgan fingerprint density at radius 3 is 3.16 bits per heavy atom. The molecule has 1 N–H and O–H groups in total. The van der Waals surface area contributed by atoms with Crippen molar-refractivity contribution < 1.29 is 4.74 Å². The van der Waals surface area contributed by atoms with Crippen LogP contribution in [-0.2, 0) is 11.3 Å². The van der Waals surface area contributed by atoms with Crippen molar-refractivity contribution in [2.75, 3.05) is 31.1 Å².